The molecule has 42 heavy (non-hydrogen) atoms. The molecule has 1 unspecified atom stereocenters. The number of allylic oxidation sites excluding steroid dienone is 3. The highest BCUT2D eigenvalue weighted by Gasteiger charge is 2.48. The Morgan fingerprint density at radius 1 is 1.21 bits per heavy atom. The molecule has 1 saturated heterocycles. The van der Waals surface area contributed by atoms with E-state index < -0.39 is 27.3 Å². The number of aliphatic imine (C=N–C) groups is 2. The topological polar surface area (TPSA) is 113 Å². The monoisotopic (exact) mass is 611 g/mol. The summed E-state index contributed by atoms with van der Waals surface area (Å²) in [4.78, 5) is 28.3. The Kier molecular flexibility index (Phi) is 8.91. The summed E-state index contributed by atoms with van der Waals surface area (Å²) in [5.74, 6) is 0.246. The third kappa shape index (κ3) is 6.87. The van der Waals surface area contributed by atoms with Gasteiger partial charge >= 0.3 is 6.36 Å². The van der Waals surface area contributed by atoms with Gasteiger partial charge in [0.15, 0.2) is 5.84 Å². The molecular weight excluding hydrogens is 575 g/mol. The van der Waals surface area contributed by atoms with Crippen LogP contribution in [0, 0.1) is 12.3 Å². The summed E-state index contributed by atoms with van der Waals surface area (Å²) in [6, 6.07) is 5.27. The number of carbonyl (C=O) groups is 1. The van der Waals surface area contributed by atoms with E-state index in [2.05, 4.69) is 15.2 Å². The van der Waals surface area contributed by atoms with Crippen molar-refractivity contribution in [2.75, 3.05) is 40.0 Å². The molecular formula is C28H36F3N5O5S. The molecule has 3 aliphatic rings. The van der Waals surface area contributed by atoms with Gasteiger partial charge in [-0.2, -0.15) is 0 Å². The molecule has 230 valence electrons. The summed E-state index contributed by atoms with van der Waals surface area (Å²) in [6.07, 6.45) is 0.502. The number of ether oxygens (including phenoxy) is 1. The fourth-order valence-corrected chi connectivity index (χ4v) is 6.87. The highest BCUT2D eigenvalue weighted by Crippen LogP contribution is 2.41. The molecule has 4 rings (SSSR count). The van der Waals surface area contributed by atoms with Crippen molar-refractivity contribution in [3.05, 3.63) is 58.9 Å². The van der Waals surface area contributed by atoms with Crippen LogP contribution >= 0.6 is 0 Å². The molecule has 0 saturated carbocycles. The van der Waals surface area contributed by atoms with Crippen LogP contribution in [0.1, 0.15) is 47.7 Å². The number of nitrogens with zero attached hydrogens (tertiary/aromatic N) is 4. The van der Waals surface area contributed by atoms with E-state index in [1.54, 1.807) is 45.3 Å². The number of hydroxylamine groups is 1. The van der Waals surface area contributed by atoms with Crippen molar-refractivity contribution >= 4 is 27.6 Å². The Hall–Kier alpha value is -3.23. The second-order valence-corrected chi connectivity index (χ2v) is 13.3. The number of halogens is 3. The van der Waals surface area contributed by atoms with E-state index in [-0.39, 0.29) is 36.9 Å². The first-order valence-electron chi connectivity index (χ1n) is 13.5. The first kappa shape index (κ1) is 31.7. The van der Waals surface area contributed by atoms with Crippen molar-refractivity contribution in [3.8, 4) is 0 Å². The van der Waals surface area contributed by atoms with Crippen molar-refractivity contribution in [1.29, 1.82) is 0 Å². The number of hydrogen-bond donors (Lipinski definition) is 1. The lowest BCUT2D eigenvalue weighted by Crippen LogP contribution is -2.52. The quantitative estimate of drug-likeness (QED) is 0.448. The van der Waals surface area contributed by atoms with E-state index in [9.17, 15) is 26.4 Å². The van der Waals surface area contributed by atoms with Crippen LogP contribution in [0.25, 0.3) is 0 Å². The number of sulfonamides is 1. The third-order valence-corrected chi connectivity index (χ3v) is 9.66. The Morgan fingerprint density at radius 2 is 1.90 bits per heavy atom. The minimum absolute atomic E-state index is 0.0914. The van der Waals surface area contributed by atoms with E-state index in [0.717, 1.165) is 11.1 Å². The predicted molar refractivity (Wildman–Crippen MR) is 152 cm³/mol. The Bertz CT molecular complexity index is 1440. The maximum atomic E-state index is 13.3. The molecule has 2 aliphatic heterocycles. The molecule has 2 heterocycles. The van der Waals surface area contributed by atoms with Crippen molar-refractivity contribution in [2.24, 2.45) is 15.4 Å². The van der Waals surface area contributed by atoms with E-state index in [4.69, 9.17) is 9.83 Å². The van der Waals surface area contributed by atoms with E-state index in [1.165, 1.54) is 28.5 Å². The van der Waals surface area contributed by atoms with Gasteiger partial charge in [0.05, 0.1) is 18.3 Å². The number of amides is 1. The maximum Gasteiger partial charge on any atom is 0.572 e. The molecule has 14 heteroatoms. The lowest BCUT2D eigenvalue weighted by molar-refractivity contribution is -0.307. The number of piperidine rings is 1. The maximum absolute atomic E-state index is 13.3. The van der Waals surface area contributed by atoms with Crippen LogP contribution in [-0.4, -0.2) is 87.2 Å². The van der Waals surface area contributed by atoms with Gasteiger partial charge in [-0.25, -0.2) is 17.7 Å². The number of carbonyl (C=O) groups excluding carboxylic acids is 1. The van der Waals surface area contributed by atoms with E-state index in [0.29, 0.717) is 36.5 Å². The lowest BCUT2D eigenvalue weighted by Gasteiger charge is -2.37. The number of amidine groups is 2. The second-order valence-electron chi connectivity index (χ2n) is 11.2. The normalized spacial score (nSPS) is 22.4. The second kappa shape index (κ2) is 11.8. The van der Waals surface area contributed by atoms with Crippen molar-refractivity contribution in [3.63, 3.8) is 0 Å². The first-order chi connectivity index (χ1) is 19.6. The van der Waals surface area contributed by atoms with Gasteiger partial charge in [-0.15, -0.1) is 13.2 Å². The average molecular weight is 612 g/mol. The molecule has 1 aromatic carbocycles. The number of nitrogens with one attached hydrogen (secondary N) is 1. The summed E-state index contributed by atoms with van der Waals surface area (Å²) in [5.41, 5.74) is 3.13. The average Bonchev–Trinajstić information content (AvgIpc) is 3.25. The Balaban J connectivity index is 1.44. The Labute approximate surface area is 244 Å². The standard InChI is InChI=1S/C28H36F3N5O5S/c1-19-17-21(23(37)35(3)4)9-8-20(19)10-16-42(38,39)36-14-12-27(13-15-36)25(34-40-5)32-24(33-27)26(2)11-6-7-22(18-26)41-28(29,30)31/h6-9,11,17H,10,12-16,18H2,1-5H3,(H,32,33,34). The Morgan fingerprint density at radius 3 is 2.50 bits per heavy atom. The molecule has 0 radical (unpaired) electrons. The van der Waals surface area contributed by atoms with Crippen LogP contribution in [0.15, 0.2) is 52.2 Å². The van der Waals surface area contributed by atoms with Gasteiger partial charge < -0.3 is 9.64 Å². The van der Waals surface area contributed by atoms with Gasteiger partial charge in [0.2, 0.25) is 10.0 Å². The summed E-state index contributed by atoms with van der Waals surface area (Å²) >= 11 is 0. The molecule has 0 aromatic heterocycles. The number of alkyl halides is 3. The van der Waals surface area contributed by atoms with Crippen molar-refractivity contribution < 1.29 is 36.0 Å². The number of rotatable bonds is 8. The summed E-state index contributed by atoms with van der Waals surface area (Å²) < 4.78 is 70.8. The molecule has 1 aromatic rings. The van der Waals surface area contributed by atoms with Crippen molar-refractivity contribution in [2.45, 2.75) is 51.4 Å². The molecule has 1 spiro atoms. The van der Waals surface area contributed by atoms with Gasteiger partial charge in [-0.3, -0.25) is 20.1 Å². The van der Waals surface area contributed by atoms with Gasteiger partial charge in [0.25, 0.3) is 5.91 Å². The number of aryl methyl sites for hydroxylation is 2. The van der Waals surface area contributed by atoms with Gasteiger partial charge in [-0.05, 0) is 62.4 Å². The van der Waals surface area contributed by atoms with Gasteiger partial charge in [0, 0.05) is 39.2 Å². The minimum atomic E-state index is -4.81. The SMILES string of the molecule is CONC1=NC(C2(C)C=CC=C(OC(F)(F)F)C2)=NC12CCN(S(=O)(=O)CCc1ccc(C(=O)N(C)C)cc1C)CC2. The zero-order valence-electron chi connectivity index (χ0n) is 24.3. The molecule has 1 fully saturated rings. The van der Waals surface area contributed by atoms with Crippen LogP contribution in [0.5, 0.6) is 0 Å². The lowest BCUT2D eigenvalue weighted by atomic mass is 9.81. The third-order valence-electron chi connectivity index (χ3n) is 7.79. The fourth-order valence-electron chi connectivity index (χ4n) is 5.40. The minimum Gasteiger partial charge on any atom is -0.410 e. The zero-order valence-corrected chi connectivity index (χ0v) is 25.1. The highest BCUT2D eigenvalue weighted by atomic mass is 32.2. The van der Waals surface area contributed by atoms with Gasteiger partial charge in [0.1, 0.15) is 17.1 Å². The molecule has 10 nitrogen and oxygen atoms in total. The van der Waals surface area contributed by atoms with Crippen LogP contribution in [0.2, 0.25) is 0 Å². The zero-order chi connectivity index (χ0) is 30.9. The van der Waals surface area contributed by atoms with Gasteiger partial charge in [-0.1, -0.05) is 18.2 Å². The molecule has 1 atom stereocenters. The first-order valence-corrected chi connectivity index (χ1v) is 15.1. The smallest absolute Gasteiger partial charge is 0.410 e. The summed E-state index contributed by atoms with van der Waals surface area (Å²) in [7, 11) is 1.15. The van der Waals surface area contributed by atoms with Crippen molar-refractivity contribution in [1.82, 2.24) is 14.7 Å². The van der Waals surface area contributed by atoms with E-state index in [1.807, 2.05) is 6.92 Å². The largest absolute Gasteiger partial charge is 0.572 e. The van der Waals surface area contributed by atoms with Crippen LogP contribution in [0.3, 0.4) is 0 Å². The van der Waals surface area contributed by atoms with Crippen LogP contribution < -0.4 is 5.48 Å². The summed E-state index contributed by atoms with van der Waals surface area (Å²) in [5, 5.41) is 0. The predicted octanol–water partition coefficient (Wildman–Crippen LogP) is 3.75. The molecule has 0 bridgehead atoms. The van der Waals surface area contributed by atoms with Crippen LogP contribution in [0.4, 0.5) is 13.2 Å². The molecule has 1 amide bonds. The number of benzene rings is 1. The highest BCUT2D eigenvalue weighted by molar-refractivity contribution is 7.89. The molecule has 1 aliphatic carbocycles. The molecule has 1 N–H and O–H groups in total. The fraction of sp³-hybridized carbons (Fsp3) is 0.536. The van der Waals surface area contributed by atoms with E-state index >= 15 is 0 Å². The van der Waals surface area contributed by atoms with Crippen LogP contribution in [-0.2, 0) is 26.0 Å². The summed E-state index contributed by atoms with van der Waals surface area (Å²) in [6.45, 7) is 3.96. The number of hydrogen-bond acceptors (Lipinski definition) is 8.